The van der Waals surface area contributed by atoms with E-state index >= 15 is 0 Å². The third-order valence-corrected chi connectivity index (χ3v) is 4.40. The predicted molar refractivity (Wildman–Crippen MR) is 108 cm³/mol. The normalized spacial score (nSPS) is 10.4. The number of rotatable bonds is 10. The highest BCUT2D eigenvalue weighted by atomic mass is 16.5. The van der Waals surface area contributed by atoms with E-state index in [1.807, 2.05) is 38.4 Å². The van der Waals surface area contributed by atoms with E-state index < -0.39 is 0 Å². The Bertz CT molecular complexity index is 852. The van der Waals surface area contributed by atoms with E-state index in [-0.39, 0.29) is 5.91 Å². The molecule has 150 valence electrons. The summed E-state index contributed by atoms with van der Waals surface area (Å²) in [6.07, 6.45) is 1.33. The Morgan fingerprint density at radius 2 is 2.00 bits per heavy atom. The first-order valence-electron chi connectivity index (χ1n) is 9.59. The highest BCUT2D eigenvalue weighted by Crippen LogP contribution is 2.29. The molecule has 0 saturated carbocycles. The SMILES string of the molecule is CCOc1ccc(OCC)c(NC(=O)CCc2c(C)nn(CCC#N)c2C)c1. The van der Waals surface area contributed by atoms with Gasteiger partial charge in [0.05, 0.1) is 43.6 Å². The van der Waals surface area contributed by atoms with Crippen LogP contribution in [0.2, 0.25) is 0 Å². The molecule has 0 bridgehead atoms. The van der Waals surface area contributed by atoms with Crippen LogP contribution in [0.5, 0.6) is 11.5 Å². The van der Waals surface area contributed by atoms with Crippen LogP contribution in [-0.4, -0.2) is 28.9 Å². The molecule has 0 aliphatic carbocycles. The molecule has 0 saturated heterocycles. The number of hydrogen-bond donors (Lipinski definition) is 1. The number of hydrogen-bond acceptors (Lipinski definition) is 5. The van der Waals surface area contributed by atoms with E-state index in [1.165, 1.54) is 0 Å². The Hall–Kier alpha value is -3.01. The topological polar surface area (TPSA) is 89.2 Å². The molecule has 0 aliphatic heterocycles. The number of amides is 1. The van der Waals surface area contributed by atoms with Crippen LogP contribution in [0.4, 0.5) is 5.69 Å². The van der Waals surface area contributed by atoms with Crippen LogP contribution in [0.3, 0.4) is 0 Å². The van der Waals surface area contributed by atoms with Crippen molar-refractivity contribution >= 4 is 11.6 Å². The molecule has 1 N–H and O–H groups in total. The number of nitrogens with one attached hydrogen (secondary N) is 1. The summed E-state index contributed by atoms with van der Waals surface area (Å²) in [7, 11) is 0. The van der Waals surface area contributed by atoms with Crippen molar-refractivity contribution in [3.05, 3.63) is 35.2 Å². The number of carbonyl (C=O) groups is 1. The Balaban J connectivity index is 2.06. The van der Waals surface area contributed by atoms with Gasteiger partial charge in [0.25, 0.3) is 0 Å². The van der Waals surface area contributed by atoms with Crippen molar-refractivity contribution in [2.45, 2.75) is 53.5 Å². The van der Waals surface area contributed by atoms with Crippen molar-refractivity contribution in [2.75, 3.05) is 18.5 Å². The molecule has 0 unspecified atom stereocenters. The standard InChI is InChI=1S/C21H28N4O3/c1-5-27-17-8-10-20(28-6-2)19(14-17)23-21(26)11-9-18-15(3)24-25(16(18)4)13-7-12-22/h8,10,14H,5-7,9,11,13H2,1-4H3,(H,23,26). The average Bonchev–Trinajstić information content (AvgIpc) is 2.94. The number of anilines is 1. The van der Waals surface area contributed by atoms with E-state index in [4.69, 9.17) is 14.7 Å². The third-order valence-electron chi connectivity index (χ3n) is 4.40. The summed E-state index contributed by atoms with van der Waals surface area (Å²) in [6, 6.07) is 7.54. The average molecular weight is 384 g/mol. The van der Waals surface area contributed by atoms with Gasteiger partial charge in [-0.3, -0.25) is 9.48 Å². The van der Waals surface area contributed by atoms with E-state index in [2.05, 4.69) is 16.5 Å². The molecule has 0 atom stereocenters. The molecule has 0 fully saturated rings. The van der Waals surface area contributed by atoms with Gasteiger partial charge in [-0.1, -0.05) is 0 Å². The minimum Gasteiger partial charge on any atom is -0.494 e. The van der Waals surface area contributed by atoms with Crippen LogP contribution in [-0.2, 0) is 17.8 Å². The van der Waals surface area contributed by atoms with Gasteiger partial charge < -0.3 is 14.8 Å². The van der Waals surface area contributed by atoms with Gasteiger partial charge in [0.2, 0.25) is 5.91 Å². The summed E-state index contributed by atoms with van der Waals surface area (Å²) in [5, 5.41) is 16.2. The lowest BCUT2D eigenvalue weighted by atomic mass is 10.1. The van der Waals surface area contributed by atoms with E-state index in [1.54, 1.807) is 12.1 Å². The zero-order chi connectivity index (χ0) is 20.5. The number of carbonyl (C=O) groups excluding carboxylic acids is 1. The molecule has 7 heteroatoms. The first kappa shape index (κ1) is 21.3. The molecule has 0 aliphatic rings. The van der Waals surface area contributed by atoms with Gasteiger partial charge in [-0.25, -0.2) is 0 Å². The molecule has 1 aromatic carbocycles. The minimum atomic E-state index is -0.0989. The van der Waals surface area contributed by atoms with Crippen molar-refractivity contribution < 1.29 is 14.3 Å². The molecule has 0 spiro atoms. The van der Waals surface area contributed by atoms with Crippen LogP contribution in [0, 0.1) is 25.2 Å². The van der Waals surface area contributed by atoms with Crippen molar-refractivity contribution in [3.63, 3.8) is 0 Å². The minimum absolute atomic E-state index is 0.0989. The fourth-order valence-corrected chi connectivity index (χ4v) is 3.07. The van der Waals surface area contributed by atoms with Crippen molar-refractivity contribution in [3.8, 4) is 17.6 Å². The van der Waals surface area contributed by atoms with E-state index in [9.17, 15) is 4.79 Å². The smallest absolute Gasteiger partial charge is 0.224 e. The third kappa shape index (κ3) is 5.49. The lowest BCUT2D eigenvalue weighted by Gasteiger charge is -2.13. The molecular weight excluding hydrogens is 356 g/mol. The first-order chi connectivity index (χ1) is 13.5. The van der Waals surface area contributed by atoms with Crippen LogP contribution < -0.4 is 14.8 Å². The maximum Gasteiger partial charge on any atom is 0.224 e. The number of nitrogens with zero attached hydrogens (tertiary/aromatic N) is 3. The molecule has 7 nitrogen and oxygen atoms in total. The number of nitriles is 1. The van der Waals surface area contributed by atoms with Crippen molar-refractivity contribution in [1.29, 1.82) is 5.26 Å². The number of ether oxygens (including phenoxy) is 2. The Morgan fingerprint density at radius 1 is 1.25 bits per heavy atom. The molecule has 1 aromatic heterocycles. The van der Waals surface area contributed by atoms with Crippen LogP contribution in [0.25, 0.3) is 0 Å². The van der Waals surface area contributed by atoms with Gasteiger partial charge in [0.15, 0.2) is 0 Å². The van der Waals surface area contributed by atoms with Gasteiger partial charge >= 0.3 is 0 Å². The summed E-state index contributed by atoms with van der Waals surface area (Å²) in [5.74, 6) is 1.21. The number of aryl methyl sites for hydroxylation is 2. The quantitative estimate of drug-likeness (QED) is 0.673. The van der Waals surface area contributed by atoms with Gasteiger partial charge in [-0.2, -0.15) is 10.4 Å². The maximum absolute atomic E-state index is 12.5. The fourth-order valence-electron chi connectivity index (χ4n) is 3.07. The zero-order valence-corrected chi connectivity index (χ0v) is 17.0. The highest BCUT2D eigenvalue weighted by molar-refractivity contribution is 5.92. The maximum atomic E-state index is 12.5. The second kappa shape index (κ2) is 10.4. The van der Waals surface area contributed by atoms with Gasteiger partial charge in [-0.15, -0.1) is 0 Å². The Labute approximate surface area is 166 Å². The largest absolute Gasteiger partial charge is 0.494 e. The van der Waals surface area contributed by atoms with Crippen LogP contribution in [0.1, 0.15) is 43.6 Å². The second-order valence-electron chi connectivity index (χ2n) is 6.35. The van der Waals surface area contributed by atoms with Gasteiger partial charge in [0, 0.05) is 18.2 Å². The lowest BCUT2D eigenvalue weighted by Crippen LogP contribution is -2.14. The molecule has 2 rings (SSSR count). The molecule has 2 aromatic rings. The molecule has 1 heterocycles. The summed E-state index contributed by atoms with van der Waals surface area (Å²) in [4.78, 5) is 12.5. The van der Waals surface area contributed by atoms with Crippen molar-refractivity contribution in [2.24, 2.45) is 0 Å². The Kier molecular flexibility index (Phi) is 7.88. The molecule has 0 radical (unpaired) electrons. The fraction of sp³-hybridized carbons (Fsp3) is 0.476. The number of benzene rings is 1. The number of aromatic nitrogens is 2. The van der Waals surface area contributed by atoms with Gasteiger partial charge in [0.1, 0.15) is 11.5 Å². The van der Waals surface area contributed by atoms with Crippen LogP contribution >= 0.6 is 0 Å². The Morgan fingerprint density at radius 3 is 2.68 bits per heavy atom. The highest BCUT2D eigenvalue weighted by Gasteiger charge is 2.14. The molecular formula is C21H28N4O3. The first-order valence-corrected chi connectivity index (χ1v) is 9.59. The zero-order valence-electron chi connectivity index (χ0n) is 17.0. The summed E-state index contributed by atoms with van der Waals surface area (Å²) >= 11 is 0. The summed E-state index contributed by atoms with van der Waals surface area (Å²) < 4.78 is 13.0. The monoisotopic (exact) mass is 384 g/mol. The van der Waals surface area contributed by atoms with E-state index in [0.29, 0.717) is 56.2 Å². The summed E-state index contributed by atoms with van der Waals surface area (Å²) in [5.41, 5.74) is 3.57. The molecule has 1 amide bonds. The van der Waals surface area contributed by atoms with Crippen molar-refractivity contribution in [1.82, 2.24) is 9.78 Å². The lowest BCUT2D eigenvalue weighted by molar-refractivity contribution is -0.116. The van der Waals surface area contributed by atoms with Crippen LogP contribution in [0.15, 0.2) is 18.2 Å². The van der Waals surface area contributed by atoms with E-state index in [0.717, 1.165) is 17.0 Å². The predicted octanol–water partition coefficient (Wildman–Crippen LogP) is 3.78. The second-order valence-corrected chi connectivity index (χ2v) is 6.35. The molecule has 28 heavy (non-hydrogen) atoms. The van der Waals surface area contributed by atoms with Gasteiger partial charge in [-0.05, 0) is 51.8 Å². The summed E-state index contributed by atoms with van der Waals surface area (Å²) in [6.45, 7) is 9.35.